The van der Waals surface area contributed by atoms with Gasteiger partial charge >= 0.3 is 0 Å². The van der Waals surface area contributed by atoms with Crippen molar-refractivity contribution in [3.8, 4) is 0 Å². The van der Waals surface area contributed by atoms with Crippen LogP contribution in [0.5, 0.6) is 0 Å². The molecule has 1 aliphatic carbocycles. The van der Waals surface area contributed by atoms with Gasteiger partial charge in [0, 0.05) is 38.0 Å². The number of hydrogen-bond donors (Lipinski definition) is 2. The number of aryl methyl sites for hydroxylation is 2. The Bertz CT molecular complexity index is 864. The van der Waals surface area contributed by atoms with Crippen molar-refractivity contribution in [2.45, 2.75) is 90.4 Å². The molecule has 0 saturated heterocycles. The molecule has 1 saturated carbocycles. The van der Waals surface area contributed by atoms with Gasteiger partial charge in [-0.25, -0.2) is 4.99 Å². The van der Waals surface area contributed by atoms with Crippen molar-refractivity contribution in [2.24, 2.45) is 12.0 Å². The fourth-order valence-corrected chi connectivity index (χ4v) is 4.22. The topological polar surface area (TPSA) is 97.8 Å². The Labute approximate surface area is 195 Å². The number of guanidine groups is 1. The molecule has 0 bridgehead atoms. The first kappa shape index (κ1) is 23.0. The van der Waals surface area contributed by atoms with E-state index in [4.69, 9.17) is 4.99 Å². The lowest BCUT2D eigenvalue weighted by molar-refractivity contribution is 0.405. The van der Waals surface area contributed by atoms with Gasteiger partial charge in [0.1, 0.15) is 24.0 Å². The Hall–Kier alpha value is -1.72. The molecule has 1 fully saturated rings. The lowest BCUT2D eigenvalue weighted by atomic mass is 10.1. The first-order valence-electron chi connectivity index (χ1n) is 10.9. The Morgan fingerprint density at radius 3 is 2.47 bits per heavy atom. The second-order valence-corrected chi connectivity index (χ2v) is 8.63. The van der Waals surface area contributed by atoms with Crippen LogP contribution < -0.4 is 10.6 Å². The summed E-state index contributed by atoms with van der Waals surface area (Å²) in [6, 6.07) is 0.813. The number of hydrogen-bond acceptors (Lipinski definition) is 5. The zero-order valence-electron chi connectivity index (χ0n) is 18.4. The molecular formula is C20H34IN9. The summed E-state index contributed by atoms with van der Waals surface area (Å²) < 4.78 is 4.28. The van der Waals surface area contributed by atoms with Crippen LogP contribution in [0, 0.1) is 6.92 Å². The third kappa shape index (κ3) is 5.12. The lowest BCUT2D eigenvalue weighted by Gasteiger charge is -2.28. The van der Waals surface area contributed by atoms with Crippen LogP contribution in [-0.2, 0) is 26.6 Å². The van der Waals surface area contributed by atoms with E-state index in [2.05, 4.69) is 49.4 Å². The van der Waals surface area contributed by atoms with Crippen LogP contribution in [0.15, 0.2) is 4.99 Å². The fourth-order valence-electron chi connectivity index (χ4n) is 4.22. The minimum absolute atomic E-state index is 0. The van der Waals surface area contributed by atoms with E-state index in [9.17, 15) is 0 Å². The summed E-state index contributed by atoms with van der Waals surface area (Å²) in [7, 11) is 1.99. The summed E-state index contributed by atoms with van der Waals surface area (Å²) in [6.07, 6.45) is 6.97. The summed E-state index contributed by atoms with van der Waals surface area (Å²) in [5, 5.41) is 24.5. The second kappa shape index (κ2) is 10.1. The van der Waals surface area contributed by atoms with Crippen molar-refractivity contribution in [1.82, 2.24) is 40.2 Å². The maximum absolute atomic E-state index is 4.86. The molecule has 2 N–H and O–H groups in total. The van der Waals surface area contributed by atoms with Gasteiger partial charge in [-0.2, -0.15) is 0 Å². The molecule has 1 unspecified atom stereocenters. The predicted molar refractivity (Wildman–Crippen MR) is 127 cm³/mol. The van der Waals surface area contributed by atoms with Gasteiger partial charge in [0.2, 0.25) is 0 Å². The molecule has 2 aromatic heterocycles. The van der Waals surface area contributed by atoms with E-state index < -0.39 is 0 Å². The first-order valence-corrected chi connectivity index (χ1v) is 10.9. The van der Waals surface area contributed by atoms with Gasteiger partial charge in [-0.3, -0.25) is 0 Å². The SMILES string of the molecule is Cc1nnc(CN=C(NC2CCCC2)NC2CCc3nnc(C(C)C)n3C2)n1C.I. The first-order chi connectivity index (χ1) is 14.0. The zero-order valence-corrected chi connectivity index (χ0v) is 20.8. The molecule has 0 aromatic carbocycles. The van der Waals surface area contributed by atoms with Crippen LogP contribution in [0.3, 0.4) is 0 Å². The van der Waals surface area contributed by atoms with E-state index in [1.807, 2.05) is 18.5 Å². The van der Waals surface area contributed by atoms with Gasteiger partial charge < -0.3 is 19.8 Å². The summed E-state index contributed by atoms with van der Waals surface area (Å²) in [4.78, 5) is 4.86. The Balaban J connectivity index is 0.00000256. The highest BCUT2D eigenvalue weighted by molar-refractivity contribution is 14.0. The number of fused-ring (bicyclic) bond motifs is 1. The van der Waals surface area contributed by atoms with E-state index >= 15 is 0 Å². The molecule has 4 rings (SSSR count). The molecule has 30 heavy (non-hydrogen) atoms. The van der Waals surface area contributed by atoms with Gasteiger partial charge in [-0.1, -0.05) is 26.7 Å². The summed E-state index contributed by atoms with van der Waals surface area (Å²) >= 11 is 0. The molecule has 2 aliphatic rings. The standard InChI is InChI=1S/C20H33N9.HI/c1-13(2)19-27-25-17-10-9-16(12-29(17)19)23-20(22-15-7-5-6-8-15)21-11-18-26-24-14(3)28(18)4;/h13,15-16H,5-12H2,1-4H3,(H2,21,22,23);1H. The summed E-state index contributed by atoms with van der Waals surface area (Å²) in [5.41, 5.74) is 0. The fraction of sp³-hybridized carbons (Fsp3) is 0.750. The molecule has 9 nitrogen and oxygen atoms in total. The largest absolute Gasteiger partial charge is 0.354 e. The average Bonchev–Trinajstić information content (AvgIpc) is 3.42. The number of aromatic nitrogens is 6. The highest BCUT2D eigenvalue weighted by Crippen LogP contribution is 2.21. The minimum Gasteiger partial charge on any atom is -0.354 e. The Morgan fingerprint density at radius 1 is 1.07 bits per heavy atom. The molecule has 166 valence electrons. The highest BCUT2D eigenvalue weighted by Gasteiger charge is 2.25. The van der Waals surface area contributed by atoms with Crippen LogP contribution in [0.1, 0.15) is 75.2 Å². The summed E-state index contributed by atoms with van der Waals surface area (Å²) in [6.45, 7) is 7.70. The van der Waals surface area contributed by atoms with Crippen LogP contribution in [-0.4, -0.2) is 47.6 Å². The van der Waals surface area contributed by atoms with E-state index in [0.29, 0.717) is 24.5 Å². The van der Waals surface area contributed by atoms with E-state index in [1.165, 1.54) is 25.7 Å². The molecule has 0 radical (unpaired) electrons. The number of nitrogens with zero attached hydrogens (tertiary/aromatic N) is 7. The van der Waals surface area contributed by atoms with Crippen molar-refractivity contribution in [2.75, 3.05) is 0 Å². The molecule has 2 aromatic rings. The smallest absolute Gasteiger partial charge is 0.192 e. The van der Waals surface area contributed by atoms with Gasteiger partial charge in [0.15, 0.2) is 11.8 Å². The van der Waals surface area contributed by atoms with Crippen molar-refractivity contribution >= 4 is 29.9 Å². The van der Waals surface area contributed by atoms with Crippen LogP contribution in [0.25, 0.3) is 0 Å². The Kier molecular flexibility index (Phi) is 7.70. The van der Waals surface area contributed by atoms with E-state index in [-0.39, 0.29) is 24.0 Å². The van der Waals surface area contributed by atoms with E-state index in [1.54, 1.807) is 0 Å². The third-order valence-corrected chi connectivity index (χ3v) is 6.09. The molecule has 0 spiro atoms. The van der Waals surface area contributed by atoms with Gasteiger partial charge in [-0.15, -0.1) is 44.4 Å². The molecule has 3 heterocycles. The number of nitrogens with one attached hydrogen (secondary N) is 2. The minimum atomic E-state index is 0. The number of halogens is 1. The molecular weight excluding hydrogens is 493 g/mol. The van der Waals surface area contributed by atoms with Crippen molar-refractivity contribution in [3.63, 3.8) is 0 Å². The van der Waals surface area contributed by atoms with Crippen molar-refractivity contribution < 1.29 is 0 Å². The number of aliphatic imine (C=N–C) groups is 1. The van der Waals surface area contributed by atoms with Crippen LogP contribution in [0.2, 0.25) is 0 Å². The lowest BCUT2D eigenvalue weighted by Crippen LogP contribution is -2.49. The maximum Gasteiger partial charge on any atom is 0.192 e. The average molecular weight is 527 g/mol. The molecule has 1 aliphatic heterocycles. The molecule has 1 atom stereocenters. The molecule has 10 heteroatoms. The normalized spacial score (nSPS) is 19.6. The monoisotopic (exact) mass is 527 g/mol. The zero-order chi connectivity index (χ0) is 20.4. The van der Waals surface area contributed by atoms with E-state index in [0.717, 1.165) is 48.6 Å². The van der Waals surface area contributed by atoms with Crippen LogP contribution in [0.4, 0.5) is 0 Å². The van der Waals surface area contributed by atoms with Gasteiger partial charge in [-0.05, 0) is 26.2 Å². The maximum atomic E-state index is 4.86. The van der Waals surface area contributed by atoms with Crippen LogP contribution >= 0.6 is 24.0 Å². The van der Waals surface area contributed by atoms with Crippen molar-refractivity contribution in [1.29, 1.82) is 0 Å². The predicted octanol–water partition coefficient (Wildman–Crippen LogP) is 2.45. The Morgan fingerprint density at radius 2 is 1.80 bits per heavy atom. The molecule has 0 amide bonds. The number of rotatable bonds is 5. The van der Waals surface area contributed by atoms with Crippen molar-refractivity contribution in [3.05, 3.63) is 23.3 Å². The quantitative estimate of drug-likeness (QED) is 0.352. The summed E-state index contributed by atoms with van der Waals surface area (Å²) in [5.74, 6) is 5.21. The second-order valence-electron chi connectivity index (χ2n) is 8.63. The van der Waals surface area contributed by atoms with Gasteiger partial charge in [0.25, 0.3) is 0 Å². The van der Waals surface area contributed by atoms with Gasteiger partial charge in [0.05, 0.1) is 0 Å². The highest BCUT2D eigenvalue weighted by atomic mass is 127. The third-order valence-electron chi connectivity index (χ3n) is 6.09.